The normalized spacial score (nSPS) is 17.8. The molecule has 2 rings (SSSR count). The molecule has 0 spiro atoms. The molecule has 0 amide bonds. The first-order valence-corrected chi connectivity index (χ1v) is 9.59. The lowest BCUT2D eigenvalue weighted by Gasteiger charge is -2.31. The van der Waals surface area contributed by atoms with Gasteiger partial charge in [0.05, 0.1) is 12.9 Å². The maximum atomic E-state index is 11.2. The van der Waals surface area contributed by atoms with Crippen molar-refractivity contribution in [3.63, 3.8) is 0 Å². The Kier molecular flexibility index (Phi) is 5.27. The maximum Gasteiger partial charge on any atom is 0.147 e. The van der Waals surface area contributed by atoms with Gasteiger partial charge in [-0.05, 0) is 43.5 Å². The molecular weight excluding hydrogens is 286 g/mol. The largest absolute Gasteiger partial charge is 0.497 e. The predicted molar refractivity (Wildman–Crippen MR) is 85.5 cm³/mol. The van der Waals surface area contributed by atoms with E-state index in [9.17, 15) is 8.42 Å². The lowest BCUT2D eigenvalue weighted by molar-refractivity contribution is 0.341. The monoisotopic (exact) mass is 311 g/mol. The third-order valence-corrected chi connectivity index (χ3v) is 5.29. The first-order valence-electron chi connectivity index (χ1n) is 7.52. The van der Waals surface area contributed by atoms with Crippen LogP contribution in [0.4, 0.5) is 0 Å². The number of hydrogen-bond acceptors (Lipinski definition) is 4. The summed E-state index contributed by atoms with van der Waals surface area (Å²) < 4.78 is 27.6. The van der Waals surface area contributed by atoms with Gasteiger partial charge in [-0.3, -0.25) is 0 Å². The summed E-state index contributed by atoms with van der Waals surface area (Å²) in [7, 11) is -1.20. The van der Waals surface area contributed by atoms with E-state index in [1.807, 2.05) is 12.1 Å². The Labute approximate surface area is 127 Å². The van der Waals surface area contributed by atoms with Crippen molar-refractivity contribution in [2.75, 3.05) is 25.7 Å². The van der Waals surface area contributed by atoms with Crippen molar-refractivity contribution < 1.29 is 13.2 Å². The van der Waals surface area contributed by atoms with Gasteiger partial charge in [-0.15, -0.1) is 0 Å². The highest BCUT2D eigenvalue weighted by molar-refractivity contribution is 7.90. The highest BCUT2D eigenvalue weighted by Crippen LogP contribution is 2.39. The Morgan fingerprint density at radius 3 is 2.33 bits per heavy atom. The molecule has 0 unspecified atom stereocenters. The van der Waals surface area contributed by atoms with Crippen molar-refractivity contribution in [2.45, 2.75) is 37.6 Å². The minimum absolute atomic E-state index is 0.00374. The predicted octanol–water partition coefficient (Wildman–Crippen LogP) is 2.49. The van der Waals surface area contributed by atoms with E-state index in [0.29, 0.717) is 6.42 Å². The van der Waals surface area contributed by atoms with Crippen LogP contribution in [0.3, 0.4) is 0 Å². The Balaban J connectivity index is 2.02. The average molecular weight is 311 g/mol. The lowest BCUT2D eigenvalue weighted by Crippen LogP contribution is -2.40. The molecule has 0 radical (unpaired) electrons. The van der Waals surface area contributed by atoms with Gasteiger partial charge in [-0.25, -0.2) is 8.42 Å². The molecule has 5 heteroatoms. The smallest absolute Gasteiger partial charge is 0.147 e. The third kappa shape index (κ3) is 4.45. The van der Waals surface area contributed by atoms with E-state index in [0.717, 1.165) is 25.1 Å². The molecule has 4 nitrogen and oxygen atoms in total. The van der Waals surface area contributed by atoms with Gasteiger partial charge in [0.25, 0.3) is 0 Å². The molecular formula is C16H25NO3S. The van der Waals surface area contributed by atoms with Gasteiger partial charge in [0, 0.05) is 11.8 Å². The highest BCUT2D eigenvalue weighted by atomic mass is 32.2. The van der Waals surface area contributed by atoms with Crippen LogP contribution < -0.4 is 10.1 Å². The second-order valence-electron chi connectivity index (χ2n) is 5.93. The molecule has 0 bridgehead atoms. The topological polar surface area (TPSA) is 55.4 Å². The summed E-state index contributed by atoms with van der Waals surface area (Å²) in [6.07, 6.45) is 6.60. The van der Waals surface area contributed by atoms with Crippen molar-refractivity contribution in [1.82, 2.24) is 5.32 Å². The molecule has 1 fully saturated rings. The van der Waals surface area contributed by atoms with Gasteiger partial charge in [0.15, 0.2) is 0 Å². The molecule has 1 saturated carbocycles. The Morgan fingerprint density at radius 1 is 1.19 bits per heavy atom. The number of nitrogens with one attached hydrogen (secondary N) is 1. The summed E-state index contributed by atoms with van der Waals surface area (Å²) in [5, 5.41) is 3.62. The van der Waals surface area contributed by atoms with Crippen molar-refractivity contribution in [1.29, 1.82) is 0 Å². The number of rotatable bonds is 7. The van der Waals surface area contributed by atoms with Gasteiger partial charge in [0.2, 0.25) is 0 Å². The van der Waals surface area contributed by atoms with E-state index in [4.69, 9.17) is 4.74 Å². The summed E-state index contributed by atoms with van der Waals surface area (Å²) in [6.45, 7) is 0.735. The zero-order valence-corrected chi connectivity index (χ0v) is 13.7. The molecule has 118 valence electrons. The first-order chi connectivity index (χ1) is 9.95. The van der Waals surface area contributed by atoms with E-state index in [1.54, 1.807) is 7.11 Å². The number of sulfone groups is 1. The fourth-order valence-electron chi connectivity index (χ4n) is 3.12. The van der Waals surface area contributed by atoms with E-state index in [-0.39, 0.29) is 11.3 Å². The molecule has 0 aromatic heterocycles. The van der Waals surface area contributed by atoms with Crippen molar-refractivity contribution in [3.05, 3.63) is 29.8 Å². The number of ether oxygens (including phenoxy) is 1. The summed E-state index contributed by atoms with van der Waals surface area (Å²) in [5.74, 6) is 1.11. The zero-order valence-electron chi connectivity index (χ0n) is 12.9. The van der Waals surface area contributed by atoms with E-state index >= 15 is 0 Å². The second-order valence-corrected chi connectivity index (χ2v) is 8.19. The van der Waals surface area contributed by atoms with Gasteiger partial charge in [-0.1, -0.05) is 25.0 Å². The third-order valence-electron chi connectivity index (χ3n) is 4.26. The van der Waals surface area contributed by atoms with Gasteiger partial charge in [0.1, 0.15) is 15.6 Å². The standard InChI is InChI=1S/C16H25NO3S/c1-20-15-8-6-14(7-9-15)16(10-3-4-11-16)17-12-5-13-21(2,18)19/h6-9,17H,3-5,10-13H2,1-2H3. The summed E-state index contributed by atoms with van der Waals surface area (Å²) in [4.78, 5) is 0. The fraction of sp³-hybridized carbons (Fsp3) is 0.625. The molecule has 0 aliphatic heterocycles. The van der Waals surface area contributed by atoms with E-state index < -0.39 is 9.84 Å². The molecule has 1 aromatic carbocycles. The number of benzene rings is 1. The molecule has 1 aliphatic rings. The molecule has 0 atom stereocenters. The number of hydrogen-bond donors (Lipinski definition) is 1. The van der Waals surface area contributed by atoms with Crippen LogP contribution in [-0.4, -0.2) is 34.1 Å². The van der Waals surface area contributed by atoms with Crippen LogP contribution in [0.15, 0.2) is 24.3 Å². The number of methoxy groups -OCH3 is 1. The average Bonchev–Trinajstić information content (AvgIpc) is 2.93. The summed E-state index contributed by atoms with van der Waals surface area (Å²) >= 11 is 0. The van der Waals surface area contributed by atoms with Crippen LogP contribution in [0, 0.1) is 0 Å². The van der Waals surface area contributed by atoms with Gasteiger partial charge < -0.3 is 10.1 Å². The molecule has 1 aliphatic carbocycles. The highest BCUT2D eigenvalue weighted by Gasteiger charge is 2.34. The maximum absolute atomic E-state index is 11.2. The van der Waals surface area contributed by atoms with Crippen LogP contribution in [0.1, 0.15) is 37.7 Å². The van der Waals surface area contributed by atoms with Crippen LogP contribution in [0.5, 0.6) is 5.75 Å². The Bertz CT molecular complexity index is 545. The lowest BCUT2D eigenvalue weighted by atomic mass is 9.88. The van der Waals surface area contributed by atoms with Crippen LogP contribution in [0.25, 0.3) is 0 Å². The summed E-state index contributed by atoms with van der Waals surface area (Å²) in [6, 6.07) is 8.22. The molecule has 0 heterocycles. The zero-order chi connectivity index (χ0) is 15.3. The second kappa shape index (κ2) is 6.79. The quantitative estimate of drug-likeness (QED) is 0.786. The SMILES string of the molecule is COc1ccc(C2(NCCCS(C)(=O)=O)CCCC2)cc1. The minimum Gasteiger partial charge on any atom is -0.497 e. The fourth-order valence-corrected chi connectivity index (χ4v) is 3.79. The van der Waals surface area contributed by atoms with Crippen LogP contribution >= 0.6 is 0 Å². The van der Waals surface area contributed by atoms with Crippen molar-refractivity contribution >= 4 is 9.84 Å². The molecule has 21 heavy (non-hydrogen) atoms. The van der Waals surface area contributed by atoms with Crippen LogP contribution in [0.2, 0.25) is 0 Å². The Morgan fingerprint density at radius 2 is 1.81 bits per heavy atom. The minimum atomic E-state index is -2.87. The van der Waals surface area contributed by atoms with Gasteiger partial charge in [-0.2, -0.15) is 0 Å². The molecule has 1 aromatic rings. The molecule has 0 saturated heterocycles. The van der Waals surface area contributed by atoms with Gasteiger partial charge >= 0.3 is 0 Å². The Hall–Kier alpha value is -1.07. The van der Waals surface area contributed by atoms with E-state index in [1.165, 1.54) is 24.7 Å². The first kappa shape index (κ1) is 16.3. The molecule has 1 N–H and O–H groups in total. The van der Waals surface area contributed by atoms with Crippen molar-refractivity contribution in [2.24, 2.45) is 0 Å². The van der Waals surface area contributed by atoms with E-state index in [2.05, 4.69) is 17.4 Å². The summed E-state index contributed by atoms with van der Waals surface area (Å²) in [5.41, 5.74) is 1.28. The van der Waals surface area contributed by atoms with Crippen molar-refractivity contribution in [3.8, 4) is 5.75 Å². The van der Waals surface area contributed by atoms with Crippen LogP contribution in [-0.2, 0) is 15.4 Å².